The van der Waals surface area contributed by atoms with Gasteiger partial charge in [-0.3, -0.25) is 0 Å². The molecule has 0 fully saturated rings. The molecule has 0 saturated heterocycles. The molecule has 0 aromatic carbocycles. The third kappa shape index (κ3) is 3.30. The van der Waals surface area contributed by atoms with Crippen LogP contribution in [0.15, 0.2) is 6.20 Å². The molecule has 6 heteroatoms. The molecule has 1 heterocycles. The molecule has 0 saturated carbocycles. The van der Waals surface area contributed by atoms with E-state index in [1.54, 1.807) is 13.3 Å². The third-order valence-electron chi connectivity index (χ3n) is 1.86. The summed E-state index contributed by atoms with van der Waals surface area (Å²) in [7, 11) is 1.57. The average Bonchev–Trinajstić information content (AvgIpc) is 2.24. The molecule has 6 nitrogen and oxygen atoms in total. The van der Waals surface area contributed by atoms with Gasteiger partial charge in [-0.2, -0.15) is 0 Å². The molecule has 1 aromatic rings. The third-order valence-corrected chi connectivity index (χ3v) is 1.86. The maximum atomic E-state index is 5.15. The highest BCUT2D eigenvalue weighted by Gasteiger charge is 2.18. The van der Waals surface area contributed by atoms with Crippen molar-refractivity contribution in [1.82, 2.24) is 20.8 Å². The lowest BCUT2D eigenvalue weighted by Crippen LogP contribution is -2.49. The van der Waals surface area contributed by atoms with E-state index in [4.69, 9.17) is 4.74 Å². The summed E-state index contributed by atoms with van der Waals surface area (Å²) >= 11 is 0. The standard InChI is InChI=1S/C10H19N5O/c1-6-15(13-10(2,3)4)8-7-11-14-12-9(8)16-5/h7,13H,6H2,1-5H3. The number of aromatic nitrogens is 3. The second kappa shape index (κ2) is 5.07. The lowest BCUT2D eigenvalue weighted by Gasteiger charge is -2.32. The van der Waals surface area contributed by atoms with Crippen LogP contribution in [0.2, 0.25) is 0 Å². The maximum absolute atomic E-state index is 5.15. The highest BCUT2D eigenvalue weighted by Crippen LogP contribution is 2.22. The predicted molar refractivity (Wildman–Crippen MR) is 62.3 cm³/mol. The fraction of sp³-hybridized carbons (Fsp3) is 0.700. The summed E-state index contributed by atoms with van der Waals surface area (Å²) in [5.41, 5.74) is 4.09. The largest absolute Gasteiger partial charge is 0.478 e. The number of hydrogen-bond donors (Lipinski definition) is 1. The van der Waals surface area contributed by atoms with E-state index in [9.17, 15) is 0 Å². The van der Waals surface area contributed by atoms with Crippen LogP contribution in [0.5, 0.6) is 5.88 Å². The van der Waals surface area contributed by atoms with Gasteiger partial charge in [0, 0.05) is 12.1 Å². The van der Waals surface area contributed by atoms with Gasteiger partial charge in [-0.15, -0.1) is 5.10 Å². The Morgan fingerprint density at radius 2 is 2.12 bits per heavy atom. The van der Waals surface area contributed by atoms with E-state index in [-0.39, 0.29) is 5.54 Å². The first-order chi connectivity index (χ1) is 7.48. The van der Waals surface area contributed by atoms with Gasteiger partial charge in [-0.05, 0) is 32.9 Å². The summed E-state index contributed by atoms with van der Waals surface area (Å²) in [5.74, 6) is 0.466. The minimum atomic E-state index is -0.0374. The van der Waals surface area contributed by atoms with Gasteiger partial charge in [0.15, 0.2) is 0 Å². The SMILES string of the molecule is CCN(NC(C)(C)C)c1cnnnc1OC. The highest BCUT2D eigenvalue weighted by molar-refractivity contribution is 5.51. The molecular formula is C10H19N5O. The van der Waals surface area contributed by atoms with Crippen molar-refractivity contribution in [3.8, 4) is 5.88 Å². The summed E-state index contributed by atoms with van der Waals surface area (Å²) in [6.07, 6.45) is 1.63. The zero-order valence-corrected chi connectivity index (χ0v) is 10.5. The van der Waals surface area contributed by atoms with Crippen LogP contribution in [0.25, 0.3) is 0 Å². The second-order valence-electron chi connectivity index (χ2n) is 4.43. The van der Waals surface area contributed by atoms with Gasteiger partial charge in [0.2, 0.25) is 0 Å². The number of anilines is 1. The Kier molecular flexibility index (Phi) is 4.00. The fourth-order valence-electron chi connectivity index (χ4n) is 1.30. The summed E-state index contributed by atoms with van der Waals surface area (Å²) < 4.78 is 5.15. The molecular weight excluding hydrogens is 206 g/mol. The van der Waals surface area contributed by atoms with E-state index in [0.717, 1.165) is 12.2 Å². The molecule has 16 heavy (non-hydrogen) atoms. The van der Waals surface area contributed by atoms with Crippen molar-refractivity contribution in [2.75, 3.05) is 18.7 Å². The van der Waals surface area contributed by atoms with Crippen LogP contribution in [-0.4, -0.2) is 34.6 Å². The lowest BCUT2D eigenvalue weighted by atomic mass is 10.1. The smallest absolute Gasteiger partial charge is 0.261 e. The molecule has 1 N–H and O–H groups in total. The minimum Gasteiger partial charge on any atom is -0.478 e. The number of rotatable bonds is 4. The van der Waals surface area contributed by atoms with Gasteiger partial charge < -0.3 is 9.75 Å². The Hall–Kier alpha value is -1.43. The van der Waals surface area contributed by atoms with Crippen molar-refractivity contribution in [3.63, 3.8) is 0 Å². The fourth-order valence-corrected chi connectivity index (χ4v) is 1.30. The minimum absolute atomic E-state index is 0.0374. The molecule has 90 valence electrons. The van der Waals surface area contributed by atoms with Crippen molar-refractivity contribution in [2.24, 2.45) is 0 Å². The van der Waals surface area contributed by atoms with E-state index >= 15 is 0 Å². The number of nitrogens with one attached hydrogen (secondary N) is 1. The van der Waals surface area contributed by atoms with Gasteiger partial charge in [-0.1, -0.05) is 5.10 Å². The first-order valence-corrected chi connectivity index (χ1v) is 5.25. The number of ether oxygens (including phenoxy) is 1. The van der Waals surface area contributed by atoms with Crippen LogP contribution >= 0.6 is 0 Å². The van der Waals surface area contributed by atoms with Crippen LogP contribution < -0.4 is 15.2 Å². The monoisotopic (exact) mass is 225 g/mol. The zero-order chi connectivity index (χ0) is 12.2. The normalized spacial score (nSPS) is 11.3. The van der Waals surface area contributed by atoms with Crippen LogP contribution in [-0.2, 0) is 0 Å². The van der Waals surface area contributed by atoms with E-state index in [1.807, 2.05) is 11.9 Å². The average molecular weight is 225 g/mol. The Morgan fingerprint density at radius 3 is 2.62 bits per heavy atom. The van der Waals surface area contributed by atoms with Crippen molar-refractivity contribution in [2.45, 2.75) is 33.2 Å². The number of hydrazine groups is 1. The van der Waals surface area contributed by atoms with Gasteiger partial charge in [0.05, 0.1) is 13.3 Å². The molecule has 0 unspecified atom stereocenters. The van der Waals surface area contributed by atoms with Gasteiger partial charge in [0.1, 0.15) is 5.69 Å². The summed E-state index contributed by atoms with van der Waals surface area (Å²) in [6.45, 7) is 9.08. The summed E-state index contributed by atoms with van der Waals surface area (Å²) in [5, 5.41) is 13.1. The van der Waals surface area contributed by atoms with Crippen molar-refractivity contribution in [1.29, 1.82) is 0 Å². The molecule has 0 atom stereocenters. The summed E-state index contributed by atoms with van der Waals surface area (Å²) in [6, 6.07) is 0. The van der Waals surface area contributed by atoms with Crippen molar-refractivity contribution < 1.29 is 4.74 Å². The Balaban J connectivity index is 2.94. The van der Waals surface area contributed by atoms with E-state index < -0.39 is 0 Å². The van der Waals surface area contributed by atoms with Crippen LogP contribution in [0.1, 0.15) is 27.7 Å². The molecule has 0 radical (unpaired) electrons. The zero-order valence-electron chi connectivity index (χ0n) is 10.5. The number of nitrogens with zero attached hydrogens (tertiary/aromatic N) is 4. The quantitative estimate of drug-likeness (QED) is 0.772. The number of hydrogen-bond acceptors (Lipinski definition) is 6. The molecule has 0 aliphatic heterocycles. The van der Waals surface area contributed by atoms with Crippen LogP contribution in [0, 0.1) is 0 Å². The summed E-state index contributed by atoms with van der Waals surface area (Å²) in [4.78, 5) is 0. The van der Waals surface area contributed by atoms with E-state index in [0.29, 0.717) is 5.88 Å². The molecule has 0 amide bonds. The molecule has 0 spiro atoms. The van der Waals surface area contributed by atoms with Gasteiger partial charge >= 0.3 is 0 Å². The molecule has 0 aliphatic rings. The van der Waals surface area contributed by atoms with E-state index in [2.05, 4.69) is 41.6 Å². The van der Waals surface area contributed by atoms with Crippen molar-refractivity contribution in [3.05, 3.63) is 6.20 Å². The molecule has 0 bridgehead atoms. The van der Waals surface area contributed by atoms with Crippen molar-refractivity contribution >= 4 is 5.69 Å². The molecule has 0 aliphatic carbocycles. The lowest BCUT2D eigenvalue weighted by molar-refractivity contribution is 0.373. The first kappa shape index (κ1) is 12.6. The highest BCUT2D eigenvalue weighted by atomic mass is 16.5. The maximum Gasteiger partial charge on any atom is 0.261 e. The van der Waals surface area contributed by atoms with Crippen LogP contribution in [0.3, 0.4) is 0 Å². The van der Waals surface area contributed by atoms with Gasteiger partial charge in [-0.25, -0.2) is 5.43 Å². The Morgan fingerprint density at radius 1 is 1.44 bits per heavy atom. The first-order valence-electron chi connectivity index (χ1n) is 5.25. The second-order valence-corrected chi connectivity index (χ2v) is 4.43. The van der Waals surface area contributed by atoms with Gasteiger partial charge in [0.25, 0.3) is 5.88 Å². The van der Waals surface area contributed by atoms with E-state index in [1.165, 1.54) is 0 Å². The topological polar surface area (TPSA) is 63.2 Å². The molecule has 1 rings (SSSR count). The van der Waals surface area contributed by atoms with Crippen LogP contribution in [0.4, 0.5) is 5.69 Å². The Bertz CT molecular complexity index is 336. The number of methoxy groups -OCH3 is 1. The predicted octanol–water partition coefficient (Wildman–Crippen LogP) is 1.01. The Labute approximate surface area is 96.0 Å². The molecule has 1 aromatic heterocycles.